The lowest BCUT2D eigenvalue weighted by molar-refractivity contribution is -0.480. The van der Waals surface area contributed by atoms with E-state index in [1.807, 2.05) is 0 Å². The van der Waals surface area contributed by atoms with Crippen molar-refractivity contribution in [3.63, 3.8) is 0 Å². The summed E-state index contributed by atoms with van der Waals surface area (Å²) in [6, 6.07) is 6.26. The molecule has 0 aliphatic rings. The highest BCUT2D eigenvalue weighted by Gasteiger charge is 2.04. The van der Waals surface area contributed by atoms with Gasteiger partial charge in [0.15, 0.2) is 0 Å². The Kier molecular flexibility index (Phi) is 4.38. The Labute approximate surface area is 92.2 Å². The van der Waals surface area contributed by atoms with Crippen LogP contribution < -0.4 is 0 Å². The highest BCUT2D eigenvalue weighted by atomic mass is 16.6. The van der Waals surface area contributed by atoms with Crippen LogP contribution >= 0.6 is 0 Å². The van der Waals surface area contributed by atoms with Crippen LogP contribution in [0.3, 0.4) is 0 Å². The molecule has 0 unspecified atom stereocenters. The van der Waals surface area contributed by atoms with Crippen LogP contribution in [-0.4, -0.2) is 16.4 Å². The SMILES string of the molecule is O=[N+]([O-])CCCCc1ccc([N+](=O)[O-])cc1. The zero-order chi connectivity index (χ0) is 12.0. The molecule has 16 heavy (non-hydrogen) atoms. The minimum Gasteiger partial charge on any atom is -0.265 e. The van der Waals surface area contributed by atoms with Crippen LogP contribution in [-0.2, 0) is 6.42 Å². The summed E-state index contributed by atoms with van der Waals surface area (Å²) < 4.78 is 0. The number of nitro groups is 2. The molecular weight excluding hydrogens is 212 g/mol. The van der Waals surface area contributed by atoms with Gasteiger partial charge in [-0.15, -0.1) is 0 Å². The molecule has 0 saturated carbocycles. The third-order valence-corrected chi connectivity index (χ3v) is 2.20. The van der Waals surface area contributed by atoms with Gasteiger partial charge in [-0.2, -0.15) is 0 Å². The maximum Gasteiger partial charge on any atom is 0.269 e. The lowest BCUT2D eigenvalue weighted by Crippen LogP contribution is -2.00. The standard InChI is InChI=1S/C10H12N2O4/c13-11(14)8-2-1-3-9-4-6-10(7-5-9)12(15)16/h4-7H,1-3,8H2. The number of hydrogen-bond acceptors (Lipinski definition) is 4. The summed E-state index contributed by atoms with van der Waals surface area (Å²) in [5.74, 6) is 0. The van der Waals surface area contributed by atoms with E-state index in [0.29, 0.717) is 12.8 Å². The van der Waals surface area contributed by atoms with E-state index in [0.717, 1.165) is 12.0 Å². The van der Waals surface area contributed by atoms with Crippen LogP contribution in [0.2, 0.25) is 0 Å². The summed E-state index contributed by atoms with van der Waals surface area (Å²) in [5.41, 5.74) is 1.03. The Hall–Kier alpha value is -1.98. The molecule has 1 aromatic rings. The molecule has 1 rings (SSSR count). The first-order valence-corrected chi connectivity index (χ1v) is 4.95. The summed E-state index contributed by atoms with van der Waals surface area (Å²) in [6.45, 7) is -0.0209. The van der Waals surface area contributed by atoms with E-state index in [1.54, 1.807) is 12.1 Å². The van der Waals surface area contributed by atoms with Crippen molar-refractivity contribution in [1.82, 2.24) is 0 Å². The van der Waals surface area contributed by atoms with Gasteiger partial charge in [0.25, 0.3) is 5.69 Å². The molecule has 0 aliphatic carbocycles. The van der Waals surface area contributed by atoms with E-state index in [1.165, 1.54) is 12.1 Å². The van der Waals surface area contributed by atoms with Crippen LogP contribution in [0.4, 0.5) is 5.69 Å². The first-order valence-electron chi connectivity index (χ1n) is 4.95. The van der Waals surface area contributed by atoms with Crippen molar-refractivity contribution in [2.75, 3.05) is 6.54 Å². The zero-order valence-electron chi connectivity index (χ0n) is 8.67. The summed E-state index contributed by atoms with van der Waals surface area (Å²) in [4.78, 5) is 19.7. The Bertz CT molecular complexity index is 375. The average molecular weight is 224 g/mol. The Morgan fingerprint density at radius 2 is 1.62 bits per heavy atom. The van der Waals surface area contributed by atoms with E-state index in [2.05, 4.69) is 0 Å². The first-order chi connectivity index (χ1) is 7.59. The van der Waals surface area contributed by atoms with Crippen molar-refractivity contribution in [3.8, 4) is 0 Å². The predicted molar refractivity (Wildman–Crippen MR) is 57.9 cm³/mol. The van der Waals surface area contributed by atoms with Crippen LogP contribution in [0.25, 0.3) is 0 Å². The lowest BCUT2D eigenvalue weighted by atomic mass is 10.1. The monoisotopic (exact) mass is 224 g/mol. The summed E-state index contributed by atoms with van der Waals surface area (Å²) in [6.07, 6.45) is 1.97. The van der Waals surface area contributed by atoms with Crippen LogP contribution in [0.5, 0.6) is 0 Å². The van der Waals surface area contributed by atoms with Crippen molar-refractivity contribution in [1.29, 1.82) is 0 Å². The molecule has 86 valence electrons. The molecule has 0 atom stereocenters. The van der Waals surface area contributed by atoms with Crippen molar-refractivity contribution in [2.45, 2.75) is 19.3 Å². The van der Waals surface area contributed by atoms with Crippen LogP contribution in [0.1, 0.15) is 18.4 Å². The summed E-state index contributed by atoms with van der Waals surface area (Å²) >= 11 is 0. The third-order valence-electron chi connectivity index (χ3n) is 2.20. The number of non-ortho nitro benzene ring substituents is 1. The van der Waals surface area contributed by atoms with Gasteiger partial charge >= 0.3 is 0 Å². The van der Waals surface area contributed by atoms with Crippen molar-refractivity contribution >= 4 is 5.69 Å². The van der Waals surface area contributed by atoms with Gasteiger partial charge in [-0.05, 0) is 18.4 Å². The molecule has 0 N–H and O–H groups in total. The van der Waals surface area contributed by atoms with Crippen molar-refractivity contribution in [3.05, 3.63) is 50.1 Å². The fourth-order valence-corrected chi connectivity index (χ4v) is 1.35. The van der Waals surface area contributed by atoms with Gasteiger partial charge in [0.05, 0.1) is 4.92 Å². The molecule has 0 bridgehead atoms. The Balaban J connectivity index is 2.38. The van der Waals surface area contributed by atoms with Gasteiger partial charge in [-0.1, -0.05) is 12.1 Å². The second-order valence-corrected chi connectivity index (χ2v) is 3.44. The molecule has 1 aromatic carbocycles. The number of benzene rings is 1. The molecule has 0 heterocycles. The average Bonchev–Trinajstić information content (AvgIpc) is 2.25. The minimum absolute atomic E-state index is 0.0209. The maximum absolute atomic E-state index is 10.4. The highest BCUT2D eigenvalue weighted by molar-refractivity contribution is 5.32. The molecule has 0 aromatic heterocycles. The second-order valence-electron chi connectivity index (χ2n) is 3.44. The van der Waals surface area contributed by atoms with Gasteiger partial charge < -0.3 is 0 Å². The molecule has 6 heteroatoms. The molecule has 0 aliphatic heterocycles. The number of unbranched alkanes of at least 4 members (excludes halogenated alkanes) is 1. The van der Waals surface area contributed by atoms with E-state index < -0.39 is 4.92 Å². The lowest BCUT2D eigenvalue weighted by Gasteiger charge is -1.99. The normalized spacial score (nSPS) is 10.0. The topological polar surface area (TPSA) is 86.3 Å². The Morgan fingerprint density at radius 1 is 1.00 bits per heavy atom. The van der Waals surface area contributed by atoms with Gasteiger partial charge in [0.1, 0.15) is 0 Å². The molecule has 0 amide bonds. The second kappa shape index (κ2) is 5.79. The van der Waals surface area contributed by atoms with E-state index in [9.17, 15) is 20.2 Å². The molecular formula is C10H12N2O4. The zero-order valence-corrected chi connectivity index (χ0v) is 8.67. The molecule has 0 fully saturated rings. The van der Waals surface area contributed by atoms with Gasteiger partial charge in [0, 0.05) is 23.5 Å². The number of nitro benzene ring substituents is 1. The fourth-order valence-electron chi connectivity index (χ4n) is 1.35. The van der Waals surface area contributed by atoms with E-state index in [-0.39, 0.29) is 17.2 Å². The largest absolute Gasteiger partial charge is 0.269 e. The first kappa shape index (κ1) is 12.1. The smallest absolute Gasteiger partial charge is 0.265 e. The van der Waals surface area contributed by atoms with Gasteiger partial charge in [-0.25, -0.2) is 0 Å². The van der Waals surface area contributed by atoms with Crippen molar-refractivity contribution in [2.24, 2.45) is 0 Å². The van der Waals surface area contributed by atoms with E-state index >= 15 is 0 Å². The third kappa shape index (κ3) is 4.04. The number of rotatable bonds is 6. The number of hydrogen-bond donors (Lipinski definition) is 0. The maximum atomic E-state index is 10.4. The molecule has 0 spiro atoms. The summed E-state index contributed by atoms with van der Waals surface area (Å²) in [5, 5.41) is 20.4. The van der Waals surface area contributed by atoms with Crippen LogP contribution in [0.15, 0.2) is 24.3 Å². The Morgan fingerprint density at radius 3 is 2.12 bits per heavy atom. The van der Waals surface area contributed by atoms with E-state index in [4.69, 9.17) is 0 Å². The van der Waals surface area contributed by atoms with Crippen molar-refractivity contribution < 1.29 is 9.85 Å². The van der Waals surface area contributed by atoms with Crippen LogP contribution in [0, 0.1) is 20.2 Å². The molecule has 0 radical (unpaired) electrons. The molecule has 0 saturated heterocycles. The number of aryl methyl sites for hydroxylation is 1. The predicted octanol–water partition coefficient (Wildman–Crippen LogP) is 2.19. The quantitative estimate of drug-likeness (QED) is 0.421. The molecule has 6 nitrogen and oxygen atoms in total. The fraction of sp³-hybridized carbons (Fsp3) is 0.400. The number of nitrogens with zero attached hydrogens (tertiary/aromatic N) is 2. The highest BCUT2D eigenvalue weighted by Crippen LogP contribution is 2.13. The minimum atomic E-state index is -0.448. The summed E-state index contributed by atoms with van der Waals surface area (Å²) in [7, 11) is 0. The van der Waals surface area contributed by atoms with Gasteiger partial charge in [-0.3, -0.25) is 20.2 Å². The van der Waals surface area contributed by atoms with Gasteiger partial charge in [0.2, 0.25) is 6.54 Å².